The van der Waals surface area contributed by atoms with Crippen molar-refractivity contribution in [2.75, 3.05) is 0 Å². The molecule has 0 amide bonds. The first kappa shape index (κ1) is 25.1. The monoisotopic (exact) mass is 488 g/mol. The summed E-state index contributed by atoms with van der Waals surface area (Å²) >= 11 is 0. The lowest BCUT2D eigenvalue weighted by molar-refractivity contribution is 0.130. The van der Waals surface area contributed by atoms with Crippen LogP contribution in [0.2, 0.25) is 0 Å². The molecular formula is C26H32O5S2. The molecule has 0 saturated carbocycles. The minimum atomic E-state index is -4.58. The predicted molar refractivity (Wildman–Crippen MR) is 134 cm³/mol. The third-order valence-corrected chi connectivity index (χ3v) is 11.6. The molecule has 3 rings (SSSR count). The van der Waals surface area contributed by atoms with E-state index in [1.165, 1.54) is 0 Å². The first-order chi connectivity index (χ1) is 15.2. The molecule has 0 saturated heterocycles. The predicted octanol–water partition coefficient (Wildman–Crippen LogP) is 7.13. The Hall–Kier alpha value is -2.48. The van der Waals surface area contributed by atoms with E-state index in [1.807, 2.05) is 47.6 Å². The van der Waals surface area contributed by atoms with Crippen LogP contribution in [0.1, 0.15) is 41.5 Å². The second kappa shape index (κ2) is 9.05. The fraction of sp³-hybridized carbons (Fsp3) is 0.308. The van der Waals surface area contributed by atoms with Crippen molar-refractivity contribution in [2.24, 2.45) is 0 Å². The van der Waals surface area contributed by atoms with Gasteiger partial charge in [0.15, 0.2) is 0 Å². The Morgan fingerprint density at radius 2 is 0.909 bits per heavy atom. The normalized spacial score (nSPS) is 13.4. The largest absolute Gasteiger partial charge is 0.488 e. The van der Waals surface area contributed by atoms with Crippen LogP contribution in [0.3, 0.4) is 0 Å². The van der Waals surface area contributed by atoms with Gasteiger partial charge in [0.25, 0.3) is 0 Å². The number of hydrogen-bond acceptors (Lipinski definition) is 4. The third-order valence-electron chi connectivity index (χ3n) is 4.55. The molecule has 0 aliphatic rings. The zero-order valence-corrected chi connectivity index (χ0v) is 21.5. The third kappa shape index (κ3) is 5.72. The quantitative estimate of drug-likeness (QED) is 0.295. The van der Waals surface area contributed by atoms with Gasteiger partial charge in [-0.05, 0) is 111 Å². The highest BCUT2D eigenvalue weighted by atomic mass is 33.2. The van der Waals surface area contributed by atoms with E-state index in [-0.39, 0.29) is 0 Å². The molecule has 5 nitrogen and oxygen atoms in total. The highest BCUT2D eigenvalue weighted by molar-refractivity contribution is 8.88. The highest BCUT2D eigenvalue weighted by Gasteiger charge is 2.43. The zero-order chi connectivity index (χ0) is 24.5. The Bertz CT molecular complexity index is 1110. The SMILES string of the molecule is CC(C)(C)Oc1ccc(S(c2ccccc2)(c2ccc(OC(C)(C)C)cc2)S(=O)(=O)O)cc1. The van der Waals surface area contributed by atoms with Crippen LogP contribution in [0.4, 0.5) is 0 Å². The second-order valence-corrected chi connectivity index (χ2v) is 15.8. The first-order valence-electron chi connectivity index (χ1n) is 10.7. The summed E-state index contributed by atoms with van der Waals surface area (Å²) < 4.78 is 49.0. The van der Waals surface area contributed by atoms with Crippen molar-refractivity contribution in [3.05, 3.63) is 78.9 Å². The van der Waals surface area contributed by atoms with Gasteiger partial charge in [0.1, 0.15) is 22.7 Å². The van der Waals surface area contributed by atoms with Crippen LogP contribution in [0.25, 0.3) is 0 Å². The molecule has 7 heteroatoms. The van der Waals surface area contributed by atoms with Crippen molar-refractivity contribution in [3.8, 4) is 11.5 Å². The summed E-state index contributed by atoms with van der Waals surface area (Å²) in [7, 11) is -7.63. The minimum absolute atomic E-state index is 0.392. The number of benzene rings is 3. The summed E-state index contributed by atoms with van der Waals surface area (Å²) in [6.07, 6.45) is 0. The van der Waals surface area contributed by atoms with Gasteiger partial charge >= 0.3 is 9.15 Å². The molecule has 3 aromatic carbocycles. The molecule has 0 heterocycles. The molecule has 0 radical (unpaired) electrons. The van der Waals surface area contributed by atoms with E-state index in [0.717, 1.165) is 0 Å². The molecule has 0 bridgehead atoms. The van der Waals surface area contributed by atoms with Crippen molar-refractivity contribution in [1.82, 2.24) is 0 Å². The summed E-state index contributed by atoms with van der Waals surface area (Å²) in [4.78, 5) is 1.49. The van der Waals surface area contributed by atoms with Crippen LogP contribution in [0, 0.1) is 0 Å². The standard InChI is InChI=1S/C26H32O5S2/c1-25(2,3)30-20-12-16-23(17-13-20)32(33(27,28)29,22-10-8-7-9-11-22)24-18-14-21(15-19-24)31-26(4,5)6/h7-19H,1-6H3,(H,27,28,29). The van der Waals surface area contributed by atoms with Crippen LogP contribution in [-0.2, 0) is 9.15 Å². The second-order valence-electron chi connectivity index (χ2n) is 9.67. The number of hydrogen-bond donors (Lipinski definition) is 1. The minimum Gasteiger partial charge on any atom is -0.488 e. The molecule has 3 aromatic rings. The lowest BCUT2D eigenvalue weighted by Gasteiger charge is -2.37. The molecule has 0 aliphatic carbocycles. The van der Waals surface area contributed by atoms with E-state index in [0.29, 0.717) is 26.2 Å². The first-order valence-corrected chi connectivity index (χ1v) is 14.3. The van der Waals surface area contributed by atoms with Gasteiger partial charge in [-0.2, -0.15) is 8.42 Å². The average molecular weight is 489 g/mol. The molecule has 0 spiro atoms. The van der Waals surface area contributed by atoms with Crippen molar-refractivity contribution in [2.45, 2.75) is 67.4 Å². The van der Waals surface area contributed by atoms with Crippen molar-refractivity contribution in [1.29, 1.82) is 0 Å². The van der Waals surface area contributed by atoms with Gasteiger partial charge in [0.2, 0.25) is 0 Å². The maximum Gasteiger partial charge on any atom is 0.314 e. The van der Waals surface area contributed by atoms with Gasteiger partial charge < -0.3 is 9.47 Å². The Balaban J connectivity index is 2.23. The van der Waals surface area contributed by atoms with E-state index in [2.05, 4.69) is 0 Å². The maximum atomic E-state index is 13.2. The van der Waals surface area contributed by atoms with Gasteiger partial charge in [-0.1, -0.05) is 18.2 Å². The van der Waals surface area contributed by atoms with Crippen LogP contribution < -0.4 is 9.47 Å². The molecule has 33 heavy (non-hydrogen) atoms. The Labute approximate surface area is 198 Å². The highest BCUT2D eigenvalue weighted by Crippen LogP contribution is 2.72. The van der Waals surface area contributed by atoms with E-state index in [4.69, 9.17) is 9.47 Å². The van der Waals surface area contributed by atoms with Crippen LogP contribution in [0.15, 0.2) is 93.5 Å². The fourth-order valence-corrected chi connectivity index (χ4v) is 9.80. The van der Waals surface area contributed by atoms with Gasteiger partial charge in [-0.15, -0.1) is 0 Å². The lowest BCUT2D eigenvalue weighted by Crippen LogP contribution is -2.23. The molecule has 0 fully saturated rings. The summed E-state index contributed by atoms with van der Waals surface area (Å²) in [5.74, 6) is 1.24. The summed E-state index contributed by atoms with van der Waals surface area (Å²) in [6, 6.07) is 22.7. The van der Waals surface area contributed by atoms with E-state index < -0.39 is 29.4 Å². The van der Waals surface area contributed by atoms with Crippen LogP contribution >= 0.6 is 9.06 Å². The van der Waals surface area contributed by atoms with Crippen molar-refractivity contribution < 1.29 is 22.4 Å². The van der Waals surface area contributed by atoms with E-state index in [1.54, 1.807) is 72.8 Å². The van der Waals surface area contributed by atoms with Gasteiger partial charge in [-0.25, -0.2) is 0 Å². The fourth-order valence-electron chi connectivity index (χ4n) is 3.49. The summed E-state index contributed by atoms with van der Waals surface area (Å²) in [6.45, 7) is 11.7. The Morgan fingerprint density at radius 1 is 0.576 bits per heavy atom. The number of ether oxygens (including phenoxy) is 2. The van der Waals surface area contributed by atoms with Gasteiger partial charge in [0, 0.05) is 14.7 Å². The van der Waals surface area contributed by atoms with Gasteiger partial charge in [-0.3, -0.25) is 4.55 Å². The Kier molecular flexibility index (Phi) is 6.89. The molecule has 0 aromatic heterocycles. The molecule has 1 N–H and O–H groups in total. The smallest absolute Gasteiger partial charge is 0.314 e. The van der Waals surface area contributed by atoms with Crippen molar-refractivity contribution >= 4 is 18.2 Å². The van der Waals surface area contributed by atoms with Crippen LogP contribution in [-0.4, -0.2) is 24.2 Å². The van der Waals surface area contributed by atoms with Crippen molar-refractivity contribution in [3.63, 3.8) is 0 Å². The van der Waals surface area contributed by atoms with Gasteiger partial charge in [0.05, 0.1) is 0 Å². The average Bonchev–Trinajstić information content (AvgIpc) is 2.68. The van der Waals surface area contributed by atoms with Crippen LogP contribution in [0.5, 0.6) is 11.5 Å². The lowest BCUT2D eigenvalue weighted by atomic mass is 10.2. The van der Waals surface area contributed by atoms with E-state index >= 15 is 0 Å². The number of rotatable bonds is 6. The molecular weight excluding hydrogens is 456 g/mol. The molecule has 0 aliphatic heterocycles. The molecule has 0 atom stereocenters. The zero-order valence-electron chi connectivity index (χ0n) is 19.9. The maximum absolute atomic E-state index is 13.2. The van der Waals surface area contributed by atoms with E-state index in [9.17, 15) is 13.0 Å². The summed E-state index contributed by atoms with van der Waals surface area (Å²) in [5.41, 5.74) is -0.784. The topological polar surface area (TPSA) is 72.8 Å². The summed E-state index contributed by atoms with van der Waals surface area (Å²) in [5, 5.41) is 0. The molecule has 178 valence electrons. The molecule has 0 unspecified atom stereocenters. The Morgan fingerprint density at radius 3 is 1.21 bits per heavy atom.